The van der Waals surface area contributed by atoms with Crippen molar-refractivity contribution in [1.29, 1.82) is 0 Å². The Morgan fingerprint density at radius 1 is 1.03 bits per heavy atom. The van der Waals surface area contributed by atoms with Crippen molar-refractivity contribution in [3.8, 4) is 0 Å². The van der Waals surface area contributed by atoms with Crippen molar-refractivity contribution in [2.45, 2.75) is 90.8 Å². The van der Waals surface area contributed by atoms with E-state index in [-0.39, 0.29) is 11.8 Å². The lowest BCUT2D eigenvalue weighted by Gasteiger charge is -2.34. The number of nitrogens with zero attached hydrogens (tertiary/aromatic N) is 1. The first-order valence-corrected chi connectivity index (χ1v) is 14.2. The van der Waals surface area contributed by atoms with E-state index in [0.717, 1.165) is 37.7 Å². The fraction of sp³-hybridized carbons (Fsp3) is 0.667. The molecular weight excluding hydrogens is 462 g/mol. The number of hydrogen-bond acceptors (Lipinski definition) is 5. The van der Waals surface area contributed by atoms with Crippen LogP contribution in [0.1, 0.15) is 84.7 Å². The average molecular weight is 508 g/mol. The van der Waals surface area contributed by atoms with E-state index in [9.17, 15) is 14.4 Å². The van der Waals surface area contributed by atoms with Gasteiger partial charge in [-0.25, -0.2) is 4.79 Å². The summed E-state index contributed by atoms with van der Waals surface area (Å²) in [5.41, 5.74) is 0.0798. The molecule has 0 bridgehead atoms. The highest BCUT2D eigenvalue weighted by molar-refractivity contribution is 7.98. The van der Waals surface area contributed by atoms with Gasteiger partial charge in [0.15, 0.2) is 0 Å². The Balaban J connectivity index is 3.33. The minimum Gasteiger partial charge on any atom is -0.444 e. The zero-order valence-corrected chi connectivity index (χ0v) is 23.2. The first-order chi connectivity index (χ1) is 16.6. The lowest BCUT2D eigenvalue weighted by Crippen LogP contribution is -2.53. The molecule has 7 nitrogen and oxygen atoms in total. The summed E-state index contributed by atoms with van der Waals surface area (Å²) < 4.78 is 5.43. The maximum Gasteiger partial charge on any atom is 0.408 e. The molecular formula is C27H45N3O4S. The Kier molecular flexibility index (Phi) is 14.5. The lowest BCUT2D eigenvalue weighted by atomic mass is 10.0. The van der Waals surface area contributed by atoms with Gasteiger partial charge in [0.1, 0.15) is 17.7 Å². The smallest absolute Gasteiger partial charge is 0.408 e. The molecule has 0 fully saturated rings. The van der Waals surface area contributed by atoms with Crippen LogP contribution in [0.15, 0.2) is 30.3 Å². The van der Waals surface area contributed by atoms with E-state index in [4.69, 9.17) is 4.74 Å². The van der Waals surface area contributed by atoms with E-state index in [2.05, 4.69) is 24.5 Å². The van der Waals surface area contributed by atoms with E-state index in [1.165, 1.54) is 0 Å². The molecule has 0 aliphatic carbocycles. The van der Waals surface area contributed by atoms with Crippen LogP contribution in [0.25, 0.3) is 0 Å². The second-order valence-corrected chi connectivity index (χ2v) is 10.7. The summed E-state index contributed by atoms with van der Waals surface area (Å²) in [6.45, 7) is 10.5. The van der Waals surface area contributed by atoms with Crippen LogP contribution in [0.5, 0.6) is 0 Å². The van der Waals surface area contributed by atoms with Crippen LogP contribution in [0.3, 0.4) is 0 Å². The molecule has 0 aromatic heterocycles. The summed E-state index contributed by atoms with van der Waals surface area (Å²) in [5.74, 6) is 0.226. The van der Waals surface area contributed by atoms with Crippen LogP contribution in [0, 0.1) is 0 Å². The second kappa shape index (κ2) is 16.5. The fourth-order valence-electron chi connectivity index (χ4n) is 3.63. The predicted octanol–water partition coefficient (Wildman–Crippen LogP) is 5.31. The fourth-order valence-corrected chi connectivity index (χ4v) is 4.11. The van der Waals surface area contributed by atoms with E-state index >= 15 is 0 Å². The first-order valence-electron chi connectivity index (χ1n) is 12.8. The molecule has 0 radical (unpaired) electrons. The van der Waals surface area contributed by atoms with Crippen molar-refractivity contribution in [2.75, 3.05) is 25.1 Å². The highest BCUT2D eigenvalue weighted by Gasteiger charge is 2.35. The molecule has 0 aliphatic heterocycles. The number of ether oxygens (including phenoxy) is 1. The molecule has 35 heavy (non-hydrogen) atoms. The molecule has 0 saturated carbocycles. The number of unbranched alkanes of at least 4 members (excludes halogenated alkanes) is 3. The van der Waals surface area contributed by atoms with Crippen LogP contribution in [0.4, 0.5) is 4.79 Å². The van der Waals surface area contributed by atoms with Crippen molar-refractivity contribution in [1.82, 2.24) is 15.5 Å². The van der Waals surface area contributed by atoms with Gasteiger partial charge in [0.2, 0.25) is 11.8 Å². The van der Waals surface area contributed by atoms with E-state index in [0.29, 0.717) is 25.3 Å². The third-order valence-electron chi connectivity index (χ3n) is 5.39. The maximum atomic E-state index is 14.0. The van der Waals surface area contributed by atoms with Crippen LogP contribution in [-0.2, 0) is 14.3 Å². The van der Waals surface area contributed by atoms with Gasteiger partial charge >= 0.3 is 6.09 Å². The Morgan fingerprint density at radius 2 is 1.69 bits per heavy atom. The molecule has 0 spiro atoms. The van der Waals surface area contributed by atoms with Gasteiger partial charge < -0.3 is 20.3 Å². The van der Waals surface area contributed by atoms with Crippen molar-refractivity contribution in [3.63, 3.8) is 0 Å². The van der Waals surface area contributed by atoms with Crippen LogP contribution in [0.2, 0.25) is 0 Å². The number of hydrogen-bond donors (Lipinski definition) is 2. The highest BCUT2D eigenvalue weighted by atomic mass is 32.2. The molecule has 8 heteroatoms. The van der Waals surface area contributed by atoms with Gasteiger partial charge in [0.25, 0.3) is 0 Å². The zero-order chi connectivity index (χ0) is 26.3. The number of carbonyl (C=O) groups is 3. The topological polar surface area (TPSA) is 87.7 Å². The molecule has 3 amide bonds. The monoisotopic (exact) mass is 507 g/mol. The minimum atomic E-state index is -0.784. The Hall–Kier alpha value is -2.22. The van der Waals surface area contributed by atoms with Crippen molar-refractivity contribution in [2.24, 2.45) is 0 Å². The Morgan fingerprint density at radius 3 is 2.26 bits per heavy atom. The lowest BCUT2D eigenvalue weighted by molar-refractivity contribution is -0.142. The number of carbonyl (C=O) groups excluding carboxylic acids is 3. The second-order valence-electron chi connectivity index (χ2n) is 9.68. The molecule has 0 saturated heterocycles. The van der Waals surface area contributed by atoms with E-state index in [1.807, 2.05) is 36.6 Å². The third kappa shape index (κ3) is 11.8. The standard InChI is InChI=1S/C27H45N3O4S/c1-7-9-14-19-30(23(21-15-12-11-13-16-21)24(31)28-18-10-8-2)25(32)22(17-20-35-6)29-26(33)34-27(3,4)5/h11-13,15-16,22-23H,7-10,14,17-20H2,1-6H3,(H,28,31)(H,29,33). The number of amides is 3. The van der Waals surface area contributed by atoms with Crippen molar-refractivity contribution >= 4 is 29.7 Å². The van der Waals surface area contributed by atoms with Gasteiger partial charge in [0, 0.05) is 13.1 Å². The molecule has 2 atom stereocenters. The summed E-state index contributed by atoms with van der Waals surface area (Å²) in [6.07, 6.45) is 6.32. The van der Waals surface area contributed by atoms with Crippen molar-refractivity contribution < 1.29 is 19.1 Å². The largest absolute Gasteiger partial charge is 0.444 e. The highest BCUT2D eigenvalue weighted by Crippen LogP contribution is 2.24. The number of nitrogens with one attached hydrogen (secondary N) is 2. The zero-order valence-electron chi connectivity index (χ0n) is 22.4. The predicted molar refractivity (Wildman–Crippen MR) is 144 cm³/mol. The molecule has 2 N–H and O–H groups in total. The van der Waals surface area contributed by atoms with Gasteiger partial charge in [0.05, 0.1) is 0 Å². The first kappa shape index (κ1) is 30.8. The van der Waals surface area contributed by atoms with Crippen molar-refractivity contribution in [3.05, 3.63) is 35.9 Å². The minimum absolute atomic E-state index is 0.199. The summed E-state index contributed by atoms with van der Waals surface area (Å²) >= 11 is 1.60. The molecule has 1 aromatic rings. The average Bonchev–Trinajstić information content (AvgIpc) is 2.80. The van der Waals surface area contributed by atoms with Gasteiger partial charge in [-0.15, -0.1) is 0 Å². The number of alkyl carbamates (subject to hydrolysis) is 1. The number of benzene rings is 1. The van der Waals surface area contributed by atoms with Gasteiger partial charge in [-0.1, -0.05) is 63.4 Å². The van der Waals surface area contributed by atoms with E-state index in [1.54, 1.807) is 37.4 Å². The summed E-state index contributed by atoms with van der Waals surface area (Å²) in [5, 5.41) is 5.79. The summed E-state index contributed by atoms with van der Waals surface area (Å²) in [6, 6.07) is 7.85. The third-order valence-corrected chi connectivity index (χ3v) is 6.03. The molecule has 198 valence electrons. The molecule has 1 aromatic carbocycles. The molecule has 1 rings (SSSR count). The molecule has 0 heterocycles. The number of rotatable bonds is 15. The van der Waals surface area contributed by atoms with E-state index < -0.39 is 23.8 Å². The van der Waals surface area contributed by atoms with Crippen LogP contribution in [-0.4, -0.2) is 59.5 Å². The van der Waals surface area contributed by atoms with Gasteiger partial charge in [-0.3, -0.25) is 9.59 Å². The SMILES string of the molecule is CCCCCN(C(=O)C(CCSC)NC(=O)OC(C)(C)C)C(C(=O)NCCCC)c1ccccc1. The van der Waals surface area contributed by atoms with Gasteiger partial charge in [-0.2, -0.15) is 11.8 Å². The normalized spacial score (nSPS) is 13.0. The summed E-state index contributed by atoms with van der Waals surface area (Å²) in [7, 11) is 0. The van der Waals surface area contributed by atoms with Crippen LogP contribution >= 0.6 is 11.8 Å². The molecule has 0 aliphatic rings. The van der Waals surface area contributed by atoms with Gasteiger partial charge in [-0.05, 0) is 57.6 Å². The van der Waals surface area contributed by atoms with Crippen LogP contribution < -0.4 is 10.6 Å². The quantitative estimate of drug-likeness (QED) is 0.314. The summed E-state index contributed by atoms with van der Waals surface area (Å²) in [4.78, 5) is 41.6. The Labute approximate surface area is 216 Å². The maximum absolute atomic E-state index is 14.0. The Bertz CT molecular complexity index is 767. The molecule has 2 unspecified atom stereocenters. The number of thioether (sulfide) groups is 1.